The summed E-state index contributed by atoms with van der Waals surface area (Å²) >= 11 is 0. The lowest BCUT2D eigenvalue weighted by Crippen LogP contribution is -2.31. The molecule has 55 heavy (non-hydrogen) atoms. The Kier molecular flexibility index (Phi) is 15.6. The van der Waals surface area contributed by atoms with Crippen LogP contribution in [0.5, 0.6) is 46.0 Å². The molecule has 14 heteroatoms. The van der Waals surface area contributed by atoms with Crippen LogP contribution in [0.2, 0.25) is 0 Å². The highest BCUT2D eigenvalue weighted by molar-refractivity contribution is 5.54. The molecule has 0 aromatic heterocycles. The summed E-state index contributed by atoms with van der Waals surface area (Å²) in [5.41, 5.74) is 2.31. The molecule has 7 N–H and O–H groups in total. The number of benzene rings is 4. The zero-order valence-corrected chi connectivity index (χ0v) is 31.8. The molecule has 0 heterocycles. The van der Waals surface area contributed by atoms with Crippen LogP contribution in [0.15, 0.2) is 66.7 Å². The predicted molar refractivity (Wildman–Crippen MR) is 202 cm³/mol. The van der Waals surface area contributed by atoms with E-state index in [-0.39, 0.29) is 51.4 Å². The van der Waals surface area contributed by atoms with Crippen molar-refractivity contribution in [2.45, 2.75) is 56.2 Å². The molecule has 4 rings (SSSR count). The van der Waals surface area contributed by atoms with Crippen molar-refractivity contribution in [3.05, 3.63) is 94.5 Å². The van der Waals surface area contributed by atoms with Gasteiger partial charge in [-0.3, -0.25) is 0 Å². The van der Waals surface area contributed by atoms with Gasteiger partial charge in [0.05, 0.1) is 54.4 Å². The van der Waals surface area contributed by atoms with Crippen molar-refractivity contribution in [3.8, 4) is 46.0 Å². The lowest BCUT2D eigenvalue weighted by molar-refractivity contribution is -0.0320. The first-order valence-corrected chi connectivity index (χ1v) is 17.7. The summed E-state index contributed by atoms with van der Waals surface area (Å²) in [6, 6.07) is 17.7. The quantitative estimate of drug-likeness (QED) is 0.0624. The molecule has 0 saturated carbocycles. The van der Waals surface area contributed by atoms with E-state index < -0.39 is 56.3 Å². The summed E-state index contributed by atoms with van der Waals surface area (Å²) in [7, 11) is 6.86. The van der Waals surface area contributed by atoms with E-state index in [0.717, 1.165) is 18.4 Å². The minimum absolute atomic E-state index is 0.0424. The molecule has 6 atom stereocenters. The highest BCUT2D eigenvalue weighted by Crippen LogP contribution is 2.44. The number of hydrogen-bond donors (Lipinski definition) is 7. The zero-order chi connectivity index (χ0) is 40.2. The molecule has 300 valence electrons. The average Bonchev–Trinajstić information content (AvgIpc) is 3.20. The summed E-state index contributed by atoms with van der Waals surface area (Å²) in [6.45, 7) is 0.428. The van der Waals surface area contributed by atoms with Crippen LogP contribution in [-0.4, -0.2) is 103 Å². The molecule has 0 aliphatic rings. The van der Waals surface area contributed by atoms with Gasteiger partial charge < -0.3 is 68.9 Å². The van der Waals surface area contributed by atoms with Crippen LogP contribution in [0.4, 0.5) is 0 Å². The number of aliphatic hydroxyl groups is 5. The summed E-state index contributed by atoms with van der Waals surface area (Å²) in [5.74, 6) is -0.681. The maximum Gasteiger partial charge on any atom is 0.200 e. The third-order valence-corrected chi connectivity index (χ3v) is 9.40. The van der Waals surface area contributed by atoms with E-state index in [2.05, 4.69) is 6.92 Å². The van der Waals surface area contributed by atoms with Gasteiger partial charge in [0.2, 0.25) is 5.75 Å². The van der Waals surface area contributed by atoms with Gasteiger partial charge in [0.1, 0.15) is 18.0 Å². The third-order valence-electron chi connectivity index (χ3n) is 9.40. The maximum atomic E-state index is 11.9. The van der Waals surface area contributed by atoms with Gasteiger partial charge in [-0.25, -0.2) is 0 Å². The van der Waals surface area contributed by atoms with Gasteiger partial charge in [-0.05, 0) is 77.2 Å². The zero-order valence-electron chi connectivity index (χ0n) is 31.8. The smallest absolute Gasteiger partial charge is 0.200 e. The van der Waals surface area contributed by atoms with Gasteiger partial charge in [0.25, 0.3) is 0 Å². The molecule has 14 nitrogen and oxygen atoms in total. The molecular formula is C41H52O14. The van der Waals surface area contributed by atoms with E-state index in [1.165, 1.54) is 78.0 Å². The van der Waals surface area contributed by atoms with E-state index in [1.54, 1.807) is 0 Å². The Morgan fingerprint density at radius 2 is 1.16 bits per heavy atom. The van der Waals surface area contributed by atoms with E-state index in [1.807, 2.05) is 24.3 Å². The summed E-state index contributed by atoms with van der Waals surface area (Å²) in [6.07, 6.45) is -4.07. The number of rotatable bonds is 21. The Bertz CT molecular complexity index is 1780. The van der Waals surface area contributed by atoms with E-state index in [4.69, 9.17) is 33.2 Å². The van der Waals surface area contributed by atoms with Crippen molar-refractivity contribution in [1.82, 2.24) is 0 Å². The first kappa shape index (κ1) is 42.8. The monoisotopic (exact) mass is 768 g/mol. The summed E-state index contributed by atoms with van der Waals surface area (Å²) < 4.78 is 39.5. The Morgan fingerprint density at radius 3 is 1.69 bits per heavy atom. The Morgan fingerprint density at radius 1 is 0.564 bits per heavy atom. The van der Waals surface area contributed by atoms with Gasteiger partial charge in [-0.1, -0.05) is 31.5 Å². The highest BCUT2D eigenvalue weighted by Gasteiger charge is 2.34. The number of aromatic hydroxyl groups is 2. The molecule has 0 aliphatic carbocycles. The van der Waals surface area contributed by atoms with E-state index in [9.17, 15) is 35.7 Å². The van der Waals surface area contributed by atoms with Crippen LogP contribution in [0.1, 0.15) is 65.4 Å². The van der Waals surface area contributed by atoms with Crippen LogP contribution >= 0.6 is 0 Å². The van der Waals surface area contributed by atoms with Crippen LogP contribution in [0, 0.1) is 0 Å². The highest BCUT2D eigenvalue weighted by atomic mass is 16.5. The van der Waals surface area contributed by atoms with Gasteiger partial charge >= 0.3 is 0 Å². The van der Waals surface area contributed by atoms with Crippen LogP contribution in [0.3, 0.4) is 0 Å². The number of ether oxygens (including phenoxy) is 7. The largest absolute Gasteiger partial charge is 0.504 e. The number of aliphatic hydroxyl groups excluding tert-OH is 5. The molecule has 0 fully saturated rings. The van der Waals surface area contributed by atoms with Crippen molar-refractivity contribution in [3.63, 3.8) is 0 Å². The molecule has 4 aromatic carbocycles. The molecule has 0 aliphatic heterocycles. The summed E-state index contributed by atoms with van der Waals surface area (Å²) in [4.78, 5) is 0. The molecule has 0 radical (unpaired) electrons. The van der Waals surface area contributed by atoms with Crippen LogP contribution < -0.4 is 28.4 Å². The maximum absolute atomic E-state index is 11.9. The lowest BCUT2D eigenvalue weighted by atomic mass is 9.84. The summed E-state index contributed by atoms with van der Waals surface area (Å²) in [5, 5.41) is 75.7. The normalized spacial score (nSPS) is 14.6. The van der Waals surface area contributed by atoms with Crippen molar-refractivity contribution in [2.75, 3.05) is 55.4 Å². The average molecular weight is 769 g/mol. The third kappa shape index (κ3) is 9.84. The number of methoxy groups -OCH3 is 5. The molecular weight excluding hydrogens is 716 g/mol. The molecule has 0 spiro atoms. The van der Waals surface area contributed by atoms with Gasteiger partial charge in [-0.2, -0.15) is 0 Å². The Balaban J connectivity index is 1.71. The first-order valence-electron chi connectivity index (χ1n) is 17.7. The van der Waals surface area contributed by atoms with Crippen molar-refractivity contribution in [1.29, 1.82) is 0 Å². The van der Waals surface area contributed by atoms with Crippen molar-refractivity contribution >= 4 is 0 Å². The fraction of sp³-hybridized carbons (Fsp3) is 0.415. The number of phenolic OH excluding ortho intramolecular Hbond substituents is 2. The van der Waals surface area contributed by atoms with Crippen LogP contribution in [-0.2, 0) is 11.2 Å². The second kappa shape index (κ2) is 20.1. The molecule has 4 aromatic rings. The van der Waals surface area contributed by atoms with Gasteiger partial charge in [0, 0.05) is 18.6 Å². The Labute approximate surface area is 320 Å². The van der Waals surface area contributed by atoms with Crippen molar-refractivity contribution in [2.24, 2.45) is 0 Å². The Hall–Kier alpha value is -4.96. The fourth-order valence-corrected chi connectivity index (χ4v) is 6.36. The molecule has 0 bridgehead atoms. The minimum atomic E-state index is -1.41. The molecule has 0 amide bonds. The number of aryl methyl sites for hydroxylation is 1. The molecule has 0 saturated heterocycles. The second-order valence-corrected chi connectivity index (χ2v) is 12.7. The van der Waals surface area contributed by atoms with Crippen LogP contribution in [0.25, 0.3) is 0 Å². The van der Waals surface area contributed by atoms with Gasteiger partial charge in [-0.15, -0.1) is 0 Å². The van der Waals surface area contributed by atoms with Crippen molar-refractivity contribution < 1.29 is 68.9 Å². The predicted octanol–water partition coefficient (Wildman–Crippen LogP) is 4.49. The van der Waals surface area contributed by atoms with Gasteiger partial charge in [0.15, 0.2) is 46.7 Å². The second-order valence-electron chi connectivity index (χ2n) is 12.7. The first-order chi connectivity index (χ1) is 26.5. The molecule has 6 unspecified atom stereocenters. The standard InChI is InChI=1S/C41H52O14/c1-7-8-23-9-12-26(13-10-23)54-41(37(22-44)53-6)28-19-32(49-2)30(45)18-27(28)29(20-42)38(46)24-11-14-31(33(15-24)50-3)55-36(21-43)39(47)25-16-34(51-4)40(48)35(17-25)52-5/h9-19,29,36-39,41-48H,7-8,20-22H2,1-6H3. The topological polar surface area (TPSA) is 206 Å². The number of hydrogen-bond acceptors (Lipinski definition) is 14. The minimum Gasteiger partial charge on any atom is -0.504 e. The SMILES string of the molecule is CCCc1ccc(OC(c2cc(OC)c(O)cc2C(CO)C(O)c2ccc(OC(CO)C(O)c3cc(OC)c(O)c(OC)c3)c(OC)c2)C(CO)OC)cc1. The fourth-order valence-electron chi connectivity index (χ4n) is 6.36. The lowest BCUT2D eigenvalue weighted by Gasteiger charge is -2.32. The van der Waals surface area contributed by atoms with E-state index in [0.29, 0.717) is 16.9 Å². The van der Waals surface area contributed by atoms with E-state index >= 15 is 0 Å². The number of phenols is 2.